The van der Waals surface area contributed by atoms with E-state index in [9.17, 15) is 14.0 Å². The Balaban J connectivity index is 1.67. The van der Waals surface area contributed by atoms with Gasteiger partial charge in [0.2, 0.25) is 11.5 Å². The molecule has 2 heterocycles. The number of aromatic nitrogens is 1. The maximum atomic E-state index is 14.1. The molecule has 2 aliphatic rings. The fourth-order valence-corrected chi connectivity index (χ4v) is 3.26. The Morgan fingerprint density at radius 3 is 2.75 bits per heavy atom. The first kappa shape index (κ1) is 16.7. The third-order valence-corrected chi connectivity index (χ3v) is 4.71. The lowest BCUT2D eigenvalue weighted by atomic mass is 9.98. The number of carbonyl (C=O) groups excluding carboxylic acids is 1. The third-order valence-electron chi connectivity index (χ3n) is 4.71. The van der Waals surface area contributed by atoms with E-state index in [4.69, 9.17) is 9.84 Å². The molecule has 1 aromatic heterocycles. The van der Waals surface area contributed by atoms with Crippen molar-refractivity contribution in [3.8, 4) is 5.88 Å². The standard InChI is InChI=1S/C17H21FN2O4/c18-17(16(22)23)7-9-20(11-17)15(21)12-6-8-19-14(10-12)24-13-4-2-1-3-5-13/h6,8,10,13H,1-5,7,9,11H2,(H,22,23). The minimum absolute atomic E-state index is 0.0861. The van der Waals surface area contributed by atoms with E-state index in [1.807, 2.05) is 0 Å². The first-order valence-electron chi connectivity index (χ1n) is 8.32. The van der Waals surface area contributed by atoms with Crippen molar-refractivity contribution in [2.75, 3.05) is 13.1 Å². The van der Waals surface area contributed by atoms with Crippen molar-refractivity contribution in [3.05, 3.63) is 23.9 Å². The van der Waals surface area contributed by atoms with E-state index >= 15 is 0 Å². The topological polar surface area (TPSA) is 79.7 Å². The lowest BCUT2D eigenvalue weighted by molar-refractivity contribution is -0.149. The summed E-state index contributed by atoms with van der Waals surface area (Å²) in [5.41, 5.74) is -2.02. The molecule has 130 valence electrons. The van der Waals surface area contributed by atoms with Gasteiger partial charge < -0.3 is 14.7 Å². The second-order valence-electron chi connectivity index (χ2n) is 6.51. The summed E-state index contributed by atoms with van der Waals surface area (Å²) < 4.78 is 20.0. The van der Waals surface area contributed by atoms with Crippen molar-refractivity contribution in [2.24, 2.45) is 0 Å². The largest absolute Gasteiger partial charge is 0.479 e. The minimum Gasteiger partial charge on any atom is -0.479 e. The zero-order valence-corrected chi connectivity index (χ0v) is 13.4. The number of likely N-dealkylation sites (tertiary alicyclic amines) is 1. The van der Waals surface area contributed by atoms with Gasteiger partial charge in [0.25, 0.3) is 5.91 Å². The third kappa shape index (κ3) is 3.49. The van der Waals surface area contributed by atoms with Gasteiger partial charge in [-0.1, -0.05) is 6.42 Å². The number of hydrogen-bond acceptors (Lipinski definition) is 4. The quantitative estimate of drug-likeness (QED) is 0.913. The fourth-order valence-electron chi connectivity index (χ4n) is 3.26. The molecule has 1 N–H and O–H groups in total. The van der Waals surface area contributed by atoms with Crippen LogP contribution in [0.3, 0.4) is 0 Å². The van der Waals surface area contributed by atoms with Gasteiger partial charge in [0.05, 0.1) is 6.54 Å². The molecule has 1 atom stereocenters. The maximum absolute atomic E-state index is 14.1. The molecule has 1 aliphatic heterocycles. The number of carbonyl (C=O) groups is 2. The number of rotatable bonds is 4. The van der Waals surface area contributed by atoms with Crippen LogP contribution in [-0.2, 0) is 4.79 Å². The van der Waals surface area contributed by atoms with Crippen LogP contribution < -0.4 is 4.74 Å². The van der Waals surface area contributed by atoms with Gasteiger partial charge in [-0.3, -0.25) is 4.79 Å². The van der Waals surface area contributed by atoms with Crippen molar-refractivity contribution in [2.45, 2.75) is 50.3 Å². The molecule has 6 nitrogen and oxygen atoms in total. The molecule has 3 rings (SSSR count). The summed E-state index contributed by atoms with van der Waals surface area (Å²) in [4.78, 5) is 28.8. The van der Waals surface area contributed by atoms with Crippen molar-refractivity contribution in [1.29, 1.82) is 0 Å². The first-order valence-corrected chi connectivity index (χ1v) is 8.32. The number of alkyl halides is 1. The number of carboxylic acid groups (broad SMARTS) is 1. The molecule has 1 amide bonds. The molecule has 7 heteroatoms. The summed E-state index contributed by atoms with van der Waals surface area (Å²) in [6, 6.07) is 3.09. The Hall–Kier alpha value is -2.18. The first-order chi connectivity index (χ1) is 11.5. The van der Waals surface area contributed by atoms with Crippen LogP contribution in [0.25, 0.3) is 0 Å². The molecule has 2 fully saturated rings. The molecular weight excluding hydrogens is 315 g/mol. The Morgan fingerprint density at radius 1 is 1.33 bits per heavy atom. The fraction of sp³-hybridized carbons (Fsp3) is 0.588. The predicted octanol–water partition coefficient (Wildman–Crippen LogP) is 2.43. The van der Waals surface area contributed by atoms with Gasteiger partial charge in [-0.05, 0) is 31.7 Å². The van der Waals surface area contributed by atoms with Gasteiger partial charge >= 0.3 is 5.97 Å². The summed E-state index contributed by atoms with van der Waals surface area (Å²) in [6.07, 6.45) is 6.86. The highest BCUT2D eigenvalue weighted by Crippen LogP contribution is 2.28. The van der Waals surface area contributed by atoms with Crippen molar-refractivity contribution in [1.82, 2.24) is 9.88 Å². The van der Waals surface area contributed by atoms with Crippen LogP contribution in [0.4, 0.5) is 4.39 Å². The summed E-state index contributed by atoms with van der Waals surface area (Å²) in [6.45, 7) is -0.342. The number of nitrogens with zero attached hydrogens (tertiary/aromatic N) is 2. The SMILES string of the molecule is O=C(c1ccnc(OC2CCCCC2)c1)N1CCC(F)(C(=O)O)C1. The highest BCUT2D eigenvalue weighted by atomic mass is 19.1. The van der Waals surface area contributed by atoms with E-state index in [1.54, 1.807) is 6.07 Å². The lowest BCUT2D eigenvalue weighted by Crippen LogP contribution is -2.38. The van der Waals surface area contributed by atoms with Gasteiger partial charge in [-0.25, -0.2) is 14.2 Å². The smallest absolute Gasteiger partial charge is 0.343 e. The van der Waals surface area contributed by atoms with Crippen LogP contribution in [0.2, 0.25) is 0 Å². The summed E-state index contributed by atoms with van der Waals surface area (Å²) in [7, 11) is 0. The summed E-state index contributed by atoms with van der Waals surface area (Å²) >= 11 is 0. The molecular formula is C17H21FN2O4. The summed E-state index contributed by atoms with van der Waals surface area (Å²) in [5.74, 6) is -1.53. The van der Waals surface area contributed by atoms with Crippen LogP contribution in [0, 0.1) is 0 Å². The van der Waals surface area contributed by atoms with E-state index < -0.39 is 24.1 Å². The molecule has 0 radical (unpaired) electrons. The van der Waals surface area contributed by atoms with E-state index in [2.05, 4.69) is 4.98 Å². The molecule has 1 aliphatic carbocycles. The van der Waals surface area contributed by atoms with Gasteiger partial charge in [-0.2, -0.15) is 0 Å². The molecule has 24 heavy (non-hydrogen) atoms. The number of amides is 1. The van der Waals surface area contributed by atoms with Crippen LogP contribution in [-0.4, -0.2) is 51.7 Å². The monoisotopic (exact) mass is 336 g/mol. The molecule has 1 unspecified atom stereocenters. The highest BCUT2D eigenvalue weighted by Gasteiger charge is 2.47. The van der Waals surface area contributed by atoms with Crippen molar-refractivity contribution >= 4 is 11.9 Å². The normalized spacial score (nSPS) is 24.8. The van der Waals surface area contributed by atoms with Crippen molar-refractivity contribution < 1.29 is 23.8 Å². The van der Waals surface area contributed by atoms with E-state index in [0.717, 1.165) is 25.7 Å². The average molecular weight is 336 g/mol. The highest BCUT2D eigenvalue weighted by molar-refractivity contribution is 5.95. The van der Waals surface area contributed by atoms with E-state index in [-0.39, 0.29) is 19.1 Å². The van der Waals surface area contributed by atoms with Gasteiger partial charge in [-0.15, -0.1) is 0 Å². The Bertz CT molecular complexity index is 633. The van der Waals surface area contributed by atoms with Crippen LogP contribution in [0.15, 0.2) is 18.3 Å². The van der Waals surface area contributed by atoms with Crippen LogP contribution >= 0.6 is 0 Å². The van der Waals surface area contributed by atoms with Crippen molar-refractivity contribution in [3.63, 3.8) is 0 Å². The zero-order valence-electron chi connectivity index (χ0n) is 13.4. The second kappa shape index (κ2) is 6.75. The predicted molar refractivity (Wildman–Crippen MR) is 83.7 cm³/mol. The minimum atomic E-state index is -2.36. The number of pyridine rings is 1. The molecule has 0 bridgehead atoms. The van der Waals surface area contributed by atoms with Crippen LogP contribution in [0.1, 0.15) is 48.9 Å². The molecule has 1 saturated carbocycles. The maximum Gasteiger partial charge on any atom is 0.343 e. The molecule has 0 aromatic carbocycles. The van der Waals surface area contributed by atoms with Gasteiger partial charge in [0, 0.05) is 30.8 Å². The zero-order chi connectivity index (χ0) is 17.2. The number of hydrogen-bond donors (Lipinski definition) is 1. The van der Waals surface area contributed by atoms with E-state index in [1.165, 1.54) is 23.6 Å². The summed E-state index contributed by atoms with van der Waals surface area (Å²) in [5, 5.41) is 8.93. The van der Waals surface area contributed by atoms with Gasteiger partial charge in [0.15, 0.2) is 0 Å². The number of halogens is 1. The molecule has 1 aromatic rings. The Labute approximate surface area is 139 Å². The Kier molecular flexibility index (Phi) is 4.69. The van der Waals surface area contributed by atoms with Crippen LogP contribution in [0.5, 0.6) is 5.88 Å². The average Bonchev–Trinajstić information content (AvgIpc) is 2.99. The molecule has 0 spiro atoms. The second-order valence-corrected chi connectivity index (χ2v) is 6.51. The number of carboxylic acids is 1. The van der Waals surface area contributed by atoms with Gasteiger partial charge in [0.1, 0.15) is 6.10 Å². The number of aliphatic carboxylic acids is 1. The lowest BCUT2D eigenvalue weighted by Gasteiger charge is -2.22. The molecule has 1 saturated heterocycles. The van der Waals surface area contributed by atoms with E-state index in [0.29, 0.717) is 11.4 Å². The Morgan fingerprint density at radius 2 is 2.08 bits per heavy atom. The number of ether oxygens (including phenoxy) is 1.